The molecule has 0 unspecified atom stereocenters. The van der Waals surface area contributed by atoms with Crippen molar-refractivity contribution in [3.05, 3.63) is 59.2 Å². The van der Waals surface area contributed by atoms with Crippen LogP contribution < -0.4 is 5.73 Å². The summed E-state index contributed by atoms with van der Waals surface area (Å²) in [6, 6.07) is 13.7. The summed E-state index contributed by atoms with van der Waals surface area (Å²) in [5, 5.41) is 0. The van der Waals surface area contributed by atoms with Gasteiger partial charge in [0.15, 0.2) is 5.65 Å². The summed E-state index contributed by atoms with van der Waals surface area (Å²) in [7, 11) is 0. The van der Waals surface area contributed by atoms with Gasteiger partial charge in [-0.05, 0) is 56.0 Å². The highest BCUT2D eigenvalue weighted by molar-refractivity contribution is 6.09. The zero-order chi connectivity index (χ0) is 21.5. The third kappa shape index (κ3) is 3.41. The smallest absolute Gasteiger partial charge is 0.344 e. The van der Waals surface area contributed by atoms with Gasteiger partial charge in [0.25, 0.3) is 0 Å². The quantitative estimate of drug-likeness (QED) is 0.504. The summed E-state index contributed by atoms with van der Waals surface area (Å²) in [6.07, 6.45) is 1.80. The molecule has 0 saturated carbocycles. The molecule has 1 aliphatic rings. The second kappa shape index (κ2) is 7.67. The maximum absolute atomic E-state index is 13.1. The first-order chi connectivity index (χ1) is 15.0. The van der Waals surface area contributed by atoms with Gasteiger partial charge in [-0.15, -0.1) is 0 Å². The van der Waals surface area contributed by atoms with E-state index in [0.29, 0.717) is 23.3 Å². The molecule has 0 bridgehead atoms. The predicted molar refractivity (Wildman–Crippen MR) is 120 cm³/mol. The SMILES string of the molecule is Cc1ccc(C)c(-n2c(N)c(C(=O)OC[C@@H]3CCCO3)c3nc4ccccc4nc32)c1. The molecule has 158 valence electrons. The average molecular weight is 416 g/mol. The number of benzene rings is 2. The van der Waals surface area contributed by atoms with Crippen LogP contribution in [0.25, 0.3) is 27.9 Å². The van der Waals surface area contributed by atoms with Crippen LogP contribution in [0.15, 0.2) is 42.5 Å². The highest BCUT2D eigenvalue weighted by Crippen LogP contribution is 2.33. The van der Waals surface area contributed by atoms with Gasteiger partial charge in [-0.25, -0.2) is 14.8 Å². The van der Waals surface area contributed by atoms with Crippen molar-refractivity contribution in [2.45, 2.75) is 32.8 Å². The summed E-state index contributed by atoms with van der Waals surface area (Å²) >= 11 is 0. The van der Waals surface area contributed by atoms with E-state index >= 15 is 0 Å². The summed E-state index contributed by atoms with van der Waals surface area (Å²) in [5.41, 5.74) is 12.2. The van der Waals surface area contributed by atoms with E-state index in [1.807, 2.05) is 56.3 Å². The van der Waals surface area contributed by atoms with Gasteiger partial charge in [-0.2, -0.15) is 0 Å². The highest BCUT2D eigenvalue weighted by Gasteiger charge is 2.27. The van der Waals surface area contributed by atoms with Crippen LogP contribution in [0.1, 0.15) is 34.3 Å². The van der Waals surface area contributed by atoms with E-state index in [1.54, 1.807) is 4.57 Å². The van der Waals surface area contributed by atoms with E-state index < -0.39 is 5.97 Å². The predicted octanol–water partition coefficient (Wildman–Crippen LogP) is 4.11. The normalized spacial score (nSPS) is 16.3. The Labute approximate surface area is 179 Å². The number of rotatable bonds is 4. The number of esters is 1. The fourth-order valence-electron chi connectivity index (χ4n) is 4.08. The number of anilines is 1. The van der Waals surface area contributed by atoms with Gasteiger partial charge in [0.1, 0.15) is 23.5 Å². The van der Waals surface area contributed by atoms with Crippen molar-refractivity contribution in [1.82, 2.24) is 14.5 Å². The van der Waals surface area contributed by atoms with Gasteiger partial charge in [0, 0.05) is 6.61 Å². The van der Waals surface area contributed by atoms with Gasteiger partial charge in [-0.1, -0.05) is 24.3 Å². The number of nitrogens with zero attached hydrogens (tertiary/aromatic N) is 3. The number of nitrogens with two attached hydrogens (primary N) is 1. The molecule has 4 aromatic rings. The first-order valence-corrected chi connectivity index (χ1v) is 10.5. The Morgan fingerprint density at radius 2 is 1.97 bits per heavy atom. The highest BCUT2D eigenvalue weighted by atomic mass is 16.6. The molecule has 1 aliphatic heterocycles. The summed E-state index contributed by atoms with van der Waals surface area (Å²) < 4.78 is 13.0. The number of nitrogen functional groups attached to an aromatic ring is 1. The lowest BCUT2D eigenvalue weighted by molar-refractivity contribution is 0.0163. The van der Waals surface area contributed by atoms with E-state index in [-0.39, 0.29) is 24.1 Å². The monoisotopic (exact) mass is 416 g/mol. The second-order valence-electron chi connectivity index (χ2n) is 8.00. The van der Waals surface area contributed by atoms with Crippen LogP contribution in [0.5, 0.6) is 0 Å². The molecule has 2 aromatic heterocycles. The van der Waals surface area contributed by atoms with E-state index in [1.165, 1.54) is 0 Å². The lowest BCUT2D eigenvalue weighted by atomic mass is 10.1. The maximum Gasteiger partial charge on any atom is 0.344 e. The number of carbonyl (C=O) groups excluding carboxylic acids is 1. The molecule has 0 radical (unpaired) electrons. The summed E-state index contributed by atoms with van der Waals surface area (Å²) in [4.78, 5) is 22.7. The van der Waals surface area contributed by atoms with Crippen molar-refractivity contribution in [3.63, 3.8) is 0 Å². The van der Waals surface area contributed by atoms with Crippen LogP contribution in [0.4, 0.5) is 5.82 Å². The molecular formula is C24H24N4O3. The van der Waals surface area contributed by atoms with Crippen LogP contribution in [0.3, 0.4) is 0 Å². The number of hydrogen-bond donors (Lipinski definition) is 1. The molecule has 1 saturated heterocycles. The van der Waals surface area contributed by atoms with Crippen molar-refractivity contribution in [3.8, 4) is 5.69 Å². The standard InChI is InChI=1S/C24H24N4O3/c1-14-9-10-15(2)19(12-14)28-22(25)20(24(29)31-13-16-6-5-11-30-16)21-23(28)27-18-8-4-3-7-17(18)26-21/h3-4,7-10,12,16H,5-6,11,13,25H2,1-2H3/t16-/m0/s1. The average Bonchev–Trinajstić information content (AvgIpc) is 3.38. The van der Waals surface area contributed by atoms with E-state index in [0.717, 1.165) is 35.2 Å². The lowest BCUT2D eigenvalue weighted by Crippen LogP contribution is -2.18. The Bertz CT molecular complexity index is 1310. The molecule has 0 spiro atoms. The third-order valence-electron chi connectivity index (χ3n) is 5.73. The molecule has 5 rings (SSSR count). The number of ether oxygens (including phenoxy) is 2. The zero-order valence-corrected chi connectivity index (χ0v) is 17.6. The Hall–Kier alpha value is -3.45. The summed E-state index contributed by atoms with van der Waals surface area (Å²) in [5.74, 6) is -0.233. The van der Waals surface area contributed by atoms with Gasteiger partial charge in [0.2, 0.25) is 0 Å². The van der Waals surface area contributed by atoms with Crippen molar-refractivity contribution in [1.29, 1.82) is 0 Å². The topological polar surface area (TPSA) is 92.3 Å². The van der Waals surface area contributed by atoms with Crippen LogP contribution >= 0.6 is 0 Å². The Morgan fingerprint density at radius 3 is 2.71 bits per heavy atom. The maximum atomic E-state index is 13.1. The van der Waals surface area contributed by atoms with Crippen LogP contribution in [-0.4, -0.2) is 39.8 Å². The minimum atomic E-state index is -0.508. The molecule has 3 heterocycles. The molecule has 2 aromatic carbocycles. The molecule has 1 atom stereocenters. The lowest BCUT2D eigenvalue weighted by Gasteiger charge is -2.12. The van der Waals surface area contributed by atoms with Gasteiger partial charge in [-0.3, -0.25) is 4.57 Å². The fraction of sp³-hybridized carbons (Fsp3) is 0.292. The van der Waals surface area contributed by atoms with Crippen molar-refractivity contribution in [2.24, 2.45) is 0 Å². The molecule has 0 amide bonds. The van der Waals surface area contributed by atoms with Gasteiger partial charge < -0.3 is 15.2 Å². The molecule has 1 fully saturated rings. The zero-order valence-electron chi connectivity index (χ0n) is 17.6. The molecular weight excluding hydrogens is 392 g/mol. The number of para-hydroxylation sites is 2. The van der Waals surface area contributed by atoms with Gasteiger partial charge in [0.05, 0.1) is 22.8 Å². The first kappa shape index (κ1) is 19.5. The molecule has 7 nitrogen and oxygen atoms in total. The van der Waals surface area contributed by atoms with Crippen LogP contribution in [0, 0.1) is 13.8 Å². The second-order valence-corrected chi connectivity index (χ2v) is 8.00. The largest absolute Gasteiger partial charge is 0.459 e. The van der Waals surface area contributed by atoms with Crippen molar-refractivity contribution < 1.29 is 14.3 Å². The number of fused-ring (bicyclic) bond motifs is 2. The van der Waals surface area contributed by atoms with Crippen LogP contribution in [-0.2, 0) is 9.47 Å². The number of aromatic nitrogens is 3. The van der Waals surface area contributed by atoms with Crippen molar-refractivity contribution in [2.75, 3.05) is 18.9 Å². The van der Waals surface area contributed by atoms with E-state index in [2.05, 4.69) is 0 Å². The number of carbonyl (C=O) groups is 1. The minimum absolute atomic E-state index is 0.0653. The third-order valence-corrected chi connectivity index (χ3v) is 5.73. The first-order valence-electron chi connectivity index (χ1n) is 10.5. The van der Waals surface area contributed by atoms with E-state index in [9.17, 15) is 4.79 Å². The Kier molecular flexibility index (Phi) is 4.82. The number of aryl methyl sites for hydroxylation is 2. The Morgan fingerprint density at radius 1 is 1.19 bits per heavy atom. The molecule has 0 aliphatic carbocycles. The minimum Gasteiger partial charge on any atom is -0.459 e. The molecule has 31 heavy (non-hydrogen) atoms. The van der Waals surface area contributed by atoms with Crippen LogP contribution in [0.2, 0.25) is 0 Å². The van der Waals surface area contributed by atoms with Crippen molar-refractivity contribution >= 4 is 34.0 Å². The van der Waals surface area contributed by atoms with Gasteiger partial charge >= 0.3 is 5.97 Å². The summed E-state index contributed by atoms with van der Waals surface area (Å²) in [6.45, 7) is 4.93. The fourth-order valence-corrected chi connectivity index (χ4v) is 4.08. The molecule has 2 N–H and O–H groups in total. The molecule has 7 heteroatoms. The Balaban J connectivity index is 1.70. The van der Waals surface area contributed by atoms with E-state index in [4.69, 9.17) is 25.2 Å². The number of hydrogen-bond acceptors (Lipinski definition) is 6.